The molecule has 0 saturated heterocycles. The maximum Gasteiger partial charge on any atom is 0.0347 e. The highest BCUT2D eigenvalue weighted by atomic mass is 14.3. The first-order valence-corrected chi connectivity index (χ1v) is 31.3. The van der Waals surface area contributed by atoms with Gasteiger partial charge in [0.05, 0.1) is 0 Å². The molecular formula is C85H130. The van der Waals surface area contributed by atoms with Gasteiger partial charge in [-0.2, -0.15) is 0 Å². The maximum atomic E-state index is 8.05. The highest BCUT2D eigenvalue weighted by Gasteiger charge is 2.24. The third-order valence-electron chi connectivity index (χ3n) is 16.0. The van der Waals surface area contributed by atoms with E-state index in [-0.39, 0.29) is 11.3 Å². The van der Waals surface area contributed by atoms with Crippen molar-refractivity contribution in [3.05, 3.63) is 245 Å². The smallest absolute Gasteiger partial charge is 0.0347 e. The minimum atomic E-state index is -1.99. The molecule has 0 aliphatic heterocycles. The van der Waals surface area contributed by atoms with Crippen LogP contribution in [0.3, 0.4) is 0 Å². The van der Waals surface area contributed by atoms with Crippen LogP contribution in [0.2, 0.25) is 0 Å². The fourth-order valence-electron chi connectivity index (χ4n) is 8.98. The lowest BCUT2D eigenvalue weighted by molar-refractivity contribution is 0.201. The Bertz CT molecular complexity index is 3280. The Labute approximate surface area is 544 Å². The second kappa shape index (κ2) is 40.1. The average Bonchev–Trinajstić information content (AvgIpc) is 0.815. The summed E-state index contributed by atoms with van der Waals surface area (Å²) in [5, 5.41) is 0. The Hall–Kier alpha value is -5.46. The third kappa shape index (κ3) is 33.3. The van der Waals surface area contributed by atoms with Crippen molar-refractivity contribution in [2.75, 3.05) is 0 Å². The number of rotatable bonds is 4. The molecule has 1 aliphatic rings. The van der Waals surface area contributed by atoms with Crippen LogP contribution in [-0.2, 0) is 0 Å². The first-order chi connectivity index (χ1) is 43.4. The molecule has 0 spiro atoms. The molecule has 1 fully saturated rings. The predicted octanol–water partition coefficient (Wildman–Crippen LogP) is 26.9. The van der Waals surface area contributed by atoms with Crippen LogP contribution in [0, 0.1) is 127 Å². The summed E-state index contributed by atoms with van der Waals surface area (Å²) in [6.45, 7) is 55.1. The minimum Gasteiger partial charge on any atom is -0.0649 e. The molecule has 0 heterocycles. The Morgan fingerprint density at radius 2 is 0.753 bits per heavy atom. The highest BCUT2D eigenvalue weighted by Crippen LogP contribution is 2.37. The minimum absolute atomic E-state index is 0.116. The van der Waals surface area contributed by atoms with Crippen LogP contribution in [0.1, 0.15) is 286 Å². The lowest BCUT2D eigenvalue weighted by atomic mass is 9.74. The van der Waals surface area contributed by atoms with Gasteiger partial charge in [0.2, 0.25) is 0 Å². The molecule has 0 N–H and O–H groups in total. The summed E-state index contributed by atoms with van der Waals surface area (Å²) in [6, 6.07) is 45.0. The molecule has 7 aromatic rings. The van der Waals surface area contributed by atoms with E-state index in [1.165, 1.54) is 68.5 Å². The van der Waals surface area contributed by atoms with Gasteiger partial charge in [0.25, 0.3) is 0 Å². The molecule has 0 bridgehead atoms. The largest absolute Gasteiger partial charge is 0.0649 e. The zero-order valence-corrected chi connectivity index (χ0v) is 59.7. The summed E-state index contributed by atoms with van der Waals surface area (Å²) in [5.41, 5.74) is 23.1. The van der Waals surface area contributed by atoms with Crippen LogP contribution in [0.15, 0.2) is 133 Å². The fourth-order valence-corrected chi connectivity index (χ4v) is 8.98. The number of hydrogen-bond donors (Lipinski definition) is 0. The molecular weight excluding hydrogens is 1020 g/mol. The molecule has 7 aromatic carbocycles. The van der Waals surface area contributed by atoms with E-state index in [9.17, 15) is 0 Å². The molecule has 0 heteroatoms. The van der Waals surface area contributed by atoms with Gasteiger partial charge in [0, 0.05) is 15.1 Å². The zero-order chi connectivity index (χ0) is 75.1. The molecule has 0 aromatic heterocycles. The summed E-state index contributed by atoms with van der Waals surface area (Å²) in [5.74, 6) is -0.0240. The lowest BCUT2D eigenvalue weighted by Gasteiger charge is -2.32. The average molecular weight is 1160 g/mol. The summed E-state index contributed by atoms with van der Waals surface area (Å²) in [4.78, 5) is 0. The first-order valence-electron chi connectivity index (χ1n) is 36.8. The quantitative estimate of drug-likeness (QED) is 0.165. The van der Waals surface area contributed by atoms with Crippen molar-refractivity contribution in [2.24, 2.45) is 16.7 Å². The number of benzene rings is 7. The summed E-state index contributed by atoms with van der Waals surface area (Å²) in [6.07, 6.45) is 3.56. The van der Waals surface area contributed by atoms with Gasteiger partial charge in [-0.05, 0) is 253 Å². The molecule has 0 radical (unpaired) electrons. The van der Waals surface area contributed by atoms with Crippen LogP contribution in [0.5, 0.6) is 0 Å². The summed E-state index contributed by atoms with van der Waals surface area (Å²) >= 11 is 0. The van der Waals surface area contributed by atoms with E-state index in [2.05, 4.69) is 189 Å². The normalized spacial score (nSPS) is 15.3. The Kier molecular flexibility index (Phi) is 28.9. The molecule has 0 atom stereocenters. The topological polar surface area (TPSA) is 0 Å². The number of aryl methyl sites for hydroxylation is 12. The SMILES string of the molecule is Cc1c(C(C)C)cccc1C(C)C.Cc1ccc(C)c(C)c1.Cc1ccc(C)cc1.Cc1ccccc1C.[2H]C(C)(C)c1cccc(C([2H])(C)C)c1C.[2H]C([2H])(C)C(C)(C)C.[2H]C([2H])([2H])c1cc(C)cc(C)c1C.[2H]C([2H])([2H])c1cccc(C)c1C.[2H]C1(C)CCC(C)(C)CC1. The van der Waals surface area contributed by atoms with Crippen LogP contribution in [0.25, 0.3) is 0 Å². The second-order valence-corrected chi connectivity index (χ2v) is 26.8. The molecule has 0 amide bonds. The summed E-state index contributed by atoms with van der Waals surface area (Å²) in [7, 11) is 0. The van der Waals surface area contributed by atoms with E-state index in [1.54, 1.807) is 25.1 Å². The van der Waals surface area contributed by atoms with E-state index in [0.29, 0.717) is 28.4 Å². The second-order valence-electron chi connectivity index (χ2n) is 26.8. The molecule has 1 saturated carbocycles. The Balaban J connectivity index is 0.00000107. The number of hydrogen-bond acceptors (Lipinski definition) is 0. The van der Waals surface area contributed by atoms with Crippen LogP contribution >= 0.6 is 0 Å². The van der Waals surface area contributed by atoms with E-state index in [0.717, 1.165) is 57.3 Å². The van der Waals surface area contributed by atoms with Crippen molar-refractivity contribution >= 4 is 0 Å². The molecule has 85 heavy (non-hydrogen) atoms. The van der Waals surface area contributed by atoms with Crippen molar-refractivity contribution in [1.82, 2.24) is 0 Å². The third-order valence-corrected chi connectivity index (χ3v) is 16.0. The van der Waals surface area contributed by atoms with E-state index >= 15 is 0 Å². The van der Waals surface area contributed by atoms with Crippen molar-refractivity contribution in [3.63, 3.8) is 0 Å². The van der Waals surface area contributed by atoms with Gasteiger partial charge in [0.1, 0.15) is 0 Å². The van der Waals surface area contributed by atoms with Gasteiger partial charge >= 0.3 is 0 Å². The summed E-state index contributed by atoms with van der Waals surface area (Å²) < 4.78 is 82.2. The van der Waals surface area contributed by atoms with Crippen LogP contribution in [-0.4, -0.2) is 0 Å². The molecule has 470 valence electrons. The van der Waals surface area contributed by atoms with E-state index < -0.39 is 31.9 Å². The van der Waals surface area contributed by atoms with Gasteiger partial charge in [-0.15, -0.1) is 0 Å². The fraction of sp³-hybridized carbons (Fsp3) is 0.506. The molecule has 1 aliphatic carbocycles. The van der Waals surface area contributed by atoms with E-state index in [1.807, 2.05) is 120 Å². The maximum absolute atomic E-state index is 8.05. The molecule has 0 nitrogen and oxygen atoms in total. The monoisotopic (exact) mass is 1160 g/mol. The standard InChI is InChI=1S/2C13H20.C10H14.C9H18.2C9H12.2C8H10.C6H14/c2*1-9(2)12-7-6-8-13(10(3)4)11(12)5;1-7-5-8(2)10(4)9(3)6-7;1-8-4-6-9(2,3)7-5-8;1-7-4-5-8(2)9(3)6-7;1-7-5-4-6-8(2)9(7)3;1-7-3-5-8(2)6-4-7;1-7-5-3-4-6-8(7)2;1-5-6(2,3)4/h2*6-10H,1-5H3;5-6H,1-4H3;8H,4-7H2,1-3H3;2*4-6H,1-3H3;2*3-6H,1-2H3;5H2,1-4H3/i9D,10D;;2D3;8D;;1D3;;;5D2. The van der Waals surface area contributed by atoms with Crippen molar-refractivity contribution in [1.29, 1.82) is 0 Å². The predicted molar refractivity (Wildman–Crippen MR) is 388 cm³/mol. The lowest BCUT2D eigenvalue weighted by Crippen LogP contribution is -2.19. The van der Waals surface area contributed by atoms with Crippen molar-refractivity contribution in [3.8, 4) is 0 Å². The van der Waals surface area contributed by atoms with Crippen LogP contribution < -0.4 is 0 Å². The van der Waals surface area contributed by atoms with Crippen molar-refractivity contribution < 1.29 is 15.1 Å². The van der Waals surface area contributed by atoms with Gasteiger partial charge < -0.3 is 0 Å². The van der Waals surface area contributed by atoms with Gasteiger partial charge in [-0.25, -0.2) is 0 Å². The van der Waals surface area contributed by atoms with Gasteiger partial charge in [0.15, 0.2) is 0 Å². The Morgan fingerprint density at radius 1 is 0.424 bits per heavy atom. The van der Waals surface area contributed by atoms with Gasteiger partial charge in [-0.1, -0.05) is 279 Å². The highest BCUT2D eigenvalue weighted by molar-refractivity contribution is 5.39. The van der Waals surface area contributed by atoms with Crippen molar-refractivity contribution in [2.45, 2.75) is 270 Å². The van der Waals surface area contributed by atoms with Gasteiger partial charge in [-0.3, -0.25) is 0 Å². The first kappa shape index (κ1) is 61.2. The Morgan fingerprint density at radius 3 is 1.09 bits per heavy atom. The van der Waals surface area contributed by atoms with Crippen LogP contribution in [0.4, 0.5) is 0 Å². The molecule has 8 rings (SSSR count). The molecule has 0 unspecified atom stereocenters. The zero-order valence-electron chi connectivity index (χ0n) is 70.7. The van der Waals surface area contributed by atoms with E-state index in [4.69, 9.17) is 15.1 Å².